The lowest BCUT2D eigenvalue weighted by molar-refractivity contribution is 0.266. The highest BCUT2D eigenvalue weighted by Crippen LogP contribution is 2.27. The molecule has 0 fully saturated rings. The summed E-state index contributed by atoms with van der Waals surface area (Å²) < 4.78 is 10.9. The molecule has 0 bridgehead atoms. The summed E-state index contributed by atoms with van der Waals surface area (Å²) in [6.07, 6.45) is 2.06. The zero-order valence-corrected chi connectivity index (χ0v) is 10.3. The molecule has 3 heteroatoms. The molecule has 0 aliphatic rings. The van der Waals surface area contributed by atoms with Gasteiger partial charge in [0.1, 0.15) is 6.61 Å². The first kappa shape index (κ1) is 12.8. The van der Waals surface area contributed by atoms with Gasteiger partial charge in [-0.3, -0.25) is 0 Å². The van der Waals surface area contributed by atoms with Gasteiger partial charge in [0.05, 0.1) is 7.11 Å². The molecule has 3 nitrogen and oxygen atoms in total. The van der Waals surface area contributed by atoms with Crippen molar-refractivity contribution in [2.24, 2.45) is 5.73 Å². The van der Waals surface area contributed by atoms with Crippen molar-refractivity contribution >= 4 is 0 Å². The predicted molar refractivity (Wildman–Crippen MR) is 66.1 cm³/mol. The third-order valence-electron chi connectivity index (χ3n) is 2.43. The second kappa shape index (κ2) is 6.38. The van der Waals surface area contributed by atoms with E-state index in [-0.39, 0.29) is 6.04 Å². The van der Waals surface area contributed by atoms with Crippen molar-refractivity contribution in [1.82, 2.24) is 0 Å². The minimum atomic E-state index is 0.0935. The van der Waals surface area contributed by atoms with Gasteiger partial charge in [0.25, 0.3) is 0 Å². The molecule has 0 spiro atoms. The Morgan fingerprint density at radius 1 is 1.31 bits per heavy atom. The lowest BCUT2D eigenvalue weighted by Crippen LogP contribution is -2.27. The quantitative estimate of drug-likeness (QED) is 0.806. The van der Waals surface area contributed by atoms with Crippen LogP contribution in [-0.4, -0.2) is 19.8 Å². The van der Waals surface area contributed by atoms with E-state index in [2.05, 4.69) is 6.92 Å². The molecule has 0 aliphatic heterocycles. The van der Waals surface area contributed by atoms with Crippen LogP contribution < -0.4 is 15.2 Å². The van der Waals surface area contributed by atoms with Crippen LogP contribution in [0.3, 0.4) is 0 Å². The molecule has 0 saturated heterocycles. The summed E-state index contributed by atoms with van der Waals surface area (Å²) in [4.78, 5) is 0. The van der Waals surface area contributed by atoms with Gasteiger partial charge in [-0.2, -0.15) is 0 Å². The zero-order valence-electron chi connectivity index (χ0n) is 10.3. The number of methoxy groups -OCH3 is 1. The van der Waals surface area contributed by atoms with Crippen LogP contribution >= 0.6 is 0 Å². The van der Waals surface area contributed by atoms with Crippen molar-refractivity contribution in [3.63, 3.8) is 0 Å². The maximum Gasteiger partial charge on any atom is 0.161 e. The summed E-state index contributed by atoms with van der Waals surface area (Å²) in [5.74, 6) is 1.53. The zero-order chi connectivity index (χ0) is 12.0. The molecule has 2 N–H and O–H groups in total. The molecular weight excluding hydrogens is 202 g/mol. The van der Waals surface area contributed by atoms with E-state index < -0.39 is 0 Å². The first-order valence-corrected chi connectivity index (χ1v) is 5.70. The Hall–Kier alpha value is -1.22. The van der Waals surface area contributed by atoms with Crippen molar-refractivity contribution < 1.29 is 9.47 Å². The van der Waals surface area contributed by atoms with Crippen LogP contribution in [0.2, 0.25) is 0 Å². The van der Waals surface area contributed by atoms with Gasteiger partial charge in [0.15, 0.2) is 11.5 Å². The summed E-state index contributed by atoms with van der Waals surface area (Å²) in [5, 5.41) is 0. The second-order valence-electron chi connectivity index (χ2n) is 4.01. The molecule has 1 aromatic carbocycles. The molecule has 16 heavy (non-hydrogen) atoms. The first-order chi connectivity index (χ1) is 7.67. The molecule has 0 aromatic heterocycles. The van der Waals surface area contributed by atoms with Crippen LogP contribution in [0, 0.1) is 6.92 Å². The molecule has 0 aliphatic carbocycles. The Morgan fingerprint density at radius 2 is 2.06 bits per heavy atom. The van der Waals surface area contributed by atoms with Gasteiger partial charge in [0.2, 0.25) is 0 Å². The van der Waals surface area contributed by atoms with E-state index in [4.69, 9.17) is 15.2 Å². The fourth-order valence-corrected chi connectivity index (χ4v) is 1.54. The number of hydrogen-bond acceptors (Lipinski definition) is 3. The molecule has 1 atom stereocenters. The number of ether oxygens (including phenoxy) is 2. The standard InChI is InChI=1S/C13H21NO2/c1-4-5-11(14)9-16-12-7-6-10(2)8-13(12)15-3/h6-8,11H,4-5,9,14H2,1-3H3. The van der Waals surface area contributed by atoms with Gasteiger partial charge in [-0.15, -0.1) is 0 Å². The van der Waals surface area contributed by atoms with E-state index in [0.29, 0.717) is 6.61 Å². The molecule has 0 heterocycles. The lowest BCUT2D eigenvalue weighted by atomic mass is 10.2. The van der Waals surface area contributed by atoms with Crippen molar-refractivity contribution in [2.45, 2.75) is 32.7 Å². The number of nitrogens with two attached hydrogens (primary N) is 1. The van der Waals surface area contributed by atoms with Gasteiger partial charge in [-0.05, 0) is 31.0 Å². The highest BCUT2D eigenvalue weighted by atomic mass is 16.5. The Morgan fingerprint density at radius 3 is 2.69 bits per heavy atom. The largest absolute Gasteiger partial charge is 0.493 e. The molecule has 1 aromatic rings. The van der Waals surface area contributed by atoms with E-state index in [1.807, 2.05) is 25.1 Å². The van der Waals surface area contributed by atoms with Crippen molar-refractivity contribution in [2.75, 3.05) is 13.7 Å². The third-order valence-corrected chi connectivity index (χ3v) is 2.43. The molecule has 1 rings (SSSR count). The Labute approximate surface area is 97.6 Å². The van der Waals surface area contributed by atoms with Crippen LogP contribution in [0.1, 0.15) is 25.3 Å². The summed E-state index contributed by atoms with van der Waals surface area (Å²) in [5.41, 5.74) is 7.04. The number of hydrogen-bond donors (Lipinski definition) is 1. The average Bonchev–Trinajstić information content (AvgIpc) is 2.27. The van der Waals surface area contributed by atoms with Crippen molar-refractivity contribution in [3.05, 3.63) is 23.8 Å². The Balaban J connectivity index is 2.59. The number of rotatable bonds is 6. The van der Waals surface area contributed by atoms with Gasteiger partial charge >= 0.3 is 0 Å². The van der Waals surface area contributed by atoms with Gasteiger partial charge in [-0.25, -0.2) is 0 Å². The highest BCUT2D eigenvalue weighted by Gasteiger charge is 2.07. The number of aryl methyl sites for hydroxylation is 1. The third kappa shape index (κ3) is 3.74. The summed E-state index contributed by atoms with van der Waals surface area (Å²) in [6, 6.07) is 5.98. The van der Waals surface area contributed by atoms with Gasteiger partial charge in [0, 0.05) is 6.04 Å². The van der Waals surface area contributed by atoms with Crippen LogP contribution in [0.25, 0.3) is 0 Å². The van der Waals surface area contributed by atoms with Crippen molar-refractivity contribution in [3.8, 4) is 11.5 Å². The Kier molecular flexibility index (Phi) is 5.12. The molecular formula is C13H21NO2. The molecule has 0 amide bonds. The van der Waals surface area contributed by atoms with Crippen LogP contribution in [0.5, 0.6) is 11.5 Å². The van der Waals surface area contributed by atoms with E-state index in [1.165, 1.54) is 0 Å². The predicted octanol–water partition coefficient (Wildman–Crippen LogP) is 2.51. The average molecular weight is 223 g/mol. The van der Waals surface area contributed by atoms with Crippen LogP contribution in [-0.2, 0) is 0 Å². The topological polar surface area (TPSA) is 44.5 Å². The van der Waals surface area contributed by atoms with E-state index in [1.54, 1.807) is 7.11 Å². The number of benzene rings is 1. The molecule has 0 radical (unpaired) electrons. The molecule has 0 saturated carbocycles. The van der Waals surface area contributed by atoms with Gasteiger partial charge in [-0.1, -0.05) is 19.4 Å². The maximum absolute atomic E-state index is 5.89. The Bertz CT molecular complexity index is 326. The maximum atomic E-state index is 5.89. The monoisotopic (exact) mass is 223 g/mol. The fourth-order valence-electron chi connectivity index (χ4n) is 1.54. The van der Waals surface area contributed by atoms with Crippen LogP contribution in [0.15, 0.2) is 18.2 Å². The SMILES string of the molecule is CCCC(N)COc1ccc(C)cc1OC. The molecule has 90 valence electrons. The van der Waals surface area contributed by atoms with E-state index >= 15 is 0 Å². The minimum absolute atomic E-state index is 0.0935. The lowest BCUT2D eigenvalue weighted by Gasteiger charge is -2.14. The van der Waals surface area contributed by atoms with Crippen LogP contribution in [0.4, 0.5) is 0 Å². The summed E-state index contributed by atoms with van der Waals surface area (Å²) in [6.45, 7) is 4.68. The summed E-state index contributed by atoms with van der Waals surface area (Å²) in [7, 11) is 1.65. The van der Waals surface area contributed by atoms with E-state index in [0.717, 1.165) is 29.9 Å². The second-order valence-corrected chi connectivity index (χ2v) is 4.01. The van der Waals surface area contributed by atoms with Gasteiger partial charge < -0.3 is 15.2 Å². The summed E-state index contributed by atoms with van der Waals surface area (Å²) >= 11 is 0. The normalized spacial score (nSPS) is 12.2. The van der Waals surface area contributed by atoms with E-state index in [9.17, 15) is 0 Å². The first-order valence-electron chi connectivity index (χ1n) is 5.70. The smallest absolute Gasteiger partial charge is 0.161 e. The minimum Gasteiger partial charge on any atom is -0.493 e. The molecule has 1 unspecified atom stereocenters. The van der Waals surface area contributed by atoms with Crippen molar-refractivity contribution in [1.29, 1.82) is 0 Å². The highest BCUT2D eigenvalue weighted by molar-refractivity contribution is 5.42. The fraction of sp³-hybridized carbons (Fsp3) is 0.538.